The molecule has 5 nitrogen and oxygen atoms in total. The van der Waals surface area contributed by atoms with Gasteiger partial charge in [-0.2, -0.15) is 0 Å². The average Bonchev–Trinajstić information content (AvgIpc) is 3.74. The molecule has 0 atom stereocenters. The summed E-state index contributed by atoms with van der Waals surface area (Å²) in [6.07, 6.45) is 5.97. The highest BCUT2D eigenvalue weighted by molar-refractivity contribution is 6.10. The Morgan fingerprint density at radius 2 is 1.43 bits per heavy atom. The summed E-state index contributed by atoms with van der Waals surface area (Å²) < 4.78 is 6.67. The van der Waals surface area contributed by atoms with Gasteiger partial charge in [0.25, 0.3) is 0 Å². The van der Waals surface area contributed by atoms with E-state index in [1.54, 1.807) is 0 Å². The van der Waals surface area contributed by atoms with Gasteiger partial charge in [-0.1, -0.05) is 48.5 Å². The molecule has 0 saturated carbocycles. The fourth-order valence-electron chi connectivity index (χ4n) is 5.83. The van der Waals surface area contributed by atoms with E-state index in [1.165, 1.54) is 16.3 Å². The summed E-state index contributed by atoms with van der Waals surface area (Å²) in [7, 11) is 2.10. The van der Waals surface area contributed by atoms with E-state index in [1.807, 2.05) is 30.5 Å². The van der Waals surface area contributed by atoms with Crippen LogP contribution in [0.3, 0.4) is 0 Å². The van der Waals surface area contributed by atoms with Gasteiger partial charge in [0.1, 0.15) is 5.82 Å². The van der Waals surface area contributed by atoms with E-state index >= 15 is 0 Å². The summed E-state index contributed by atoms with van der Waals surface area (Å²) in [4.78, 5) is 9.64. The van der Waals surface area contributed by atoms with E-state index in [0.717, 1.165) is 50.6 Å². The lowest BCUT2D eigenvalue weighted by atomic mass is 10.1. The van der Waals surface area contributed by atoms with Crippen molar-refractivity contribution in [3.05, 3.63) is 134 Å². The molecule has 0 amide bonds. The summed E-state index contributed by atoms with van der Waals surface area (Å²) in [6.45, 7) is 0. The molecule has 0 aliphatic carbocycles. The minimum atomic E-state index is 0.945. The summed E-state index contributed by atoms with van der Waals surface area (Å²) >= 11 is 0. The van der Waals surface area contributed by atoms with Crippen molar-refractivity contribution >= 4 is 32.8 Å². The lowest BCUT2D eigenvalue weighted by Gasteiger charge is -2.11. The average molecular weight is 516 g/mol. The zero-order valence-electron chi connectivity index (χ0n) is 21.9. The van der Waals surface area contributed by atoms with Crippen LogP contribution in [0.5, 0.6) is 0 Å². The number of hydrogen-bond acceptors (Lipinski definition) is 2. The second kappa shape index (κ2) is 8.82. The standard InChI is InChI=1S/C35H25N5/c1-38-34-23-26(39-19-6-7-20-39)15-17-31(34)37-35(38)25-14-16-29-28-11-2-3-13-32(28)40(33(29)22-25)27-10-8-9-24(21-27)30-12-4-5-18-36-30/h2-23H,1H3. The number of aryl methyl sites for hydroxylation is 1. The third-order valence-electron chi connectivity index (χ3n) is 7.76. The van der Waals surface area contributed by atoms with Crippen LogP contribution >= 0.6 is 0 Å². The summed E-state index contributed by atoms with van der Waals surface area (Å²) in [5.74, 6) is 0.945. The SMILES string of the molecule is Cn1c(-c2ccc3c4ccccc4n(-c4cccc(-c5ccccn5)c4)c3c2)nc2ccc(-n3cccc3)cc21. The molecule has 4 aromatic heterocycles. The molecule has 0 bridgehead atoms. The Morgan fingerprint density at radius 3 is 2.30 bits per heavy atom. The van der Waals surface area contributed by atoms with Crippen LogP contribution in [0.2, 0.25) is 0 Å². The first-order valence-electron chi connectivity index (χ1n) is 13.4. The Labute approximate surface area is 231 Å². The molecule has 0 radical (unpaired) electrons. The predicted octanol–water partition coefficient (Wildman–Crippen LogP) is 8.19. The van der Waals surface area contributed by atoms with Gasteiger partial charge in [-0.25, -0.2) is 4.98 Å². The molecule has 0 aliphatic rings. The first-order valence-corrected chi connectivity index (χ1v) is 13.4. The molecule has 8 aromatic rings. The number of hydrogen-bond donors (Lipinski definition) is 0. The molecular formula is C35H25N5. The summed E-state index contributed by atoms with van der Waals surface area (Å²) in [6, 6.07) is 40.5. The molecule has 0 spiro atoms. The highest BCUT2D eigenvalue weighted by Crippen LogP contribution is 2.36. The van der Waals surface area contributed by atoms with E-state index in [9.17, 15) is 0 Å². The third-order valence-corrected chi connectivity index (χ3v) is 7.76. The van der Waals surface area contributed by atoms with Gasteiger partial charge in [0.05, 0.1) is 27.8 Å². The number of pyridine rings is 1. The van der Waals surface area contributed by atoms with Crippen LogP contribution < -0.4 is 0 Å². The Kier molecular flexibility index (Phi) is 4.97. The molecule has 0 N–H and O–H groups in total. The summed E-state index contributed by atoms with van der Waals surface area (Å²) in [5.41, 5.74) is 9.77. The van der Waals surface area contributed by atoms with Gasteiger partial charge in [-0.3, -0.25) is 4.98 Å². The van der Waals surface area contributed by atoms with Crippen molar-refractivity contribution in [2.45, 2.75) is 0 Å². The number of rotatable bonds is 4. The minimum Gasteiger partial charge on any atom is -0.327 e. The minimum absolute atomic E-state index is 0.945. The molecule has 0 unspecified atom stereocenters. The third kappa shape index (κ3) is 3.48. The smallest absolute Gasteiger partial charge is 0.140 e. The molecule has 4 aromatic carbocycles. The van der Waals surface area contributed by atoms with Crippen LogP contribution in [-0.2, 0) is 7.05 Å². The van der Waals surface area contributed by atoms with E-state index in [4.69, 9.17) is 4.98 Å². The van der Waals surface area contributed by atoms with Crippen molar-refractivity contribution in [2.24, 2.45) is 7.05 Å². The number of aromatic nitrogens is 5. The van der Waals surface area contributed by atoms with E-state index in [-0.39, 0.29) is 0 Å². The molecule has 0 aliphatic heterocycles. The van der Waals surface area contributed by atoms with Crippen molar-refractivity contribution in [3.63, 3.8) is 0 Å². The first kappa shape index (κ1) is 22.6. The largest absolute Gasteiger partial charge is 0.327 e. The summed E-state index contributed by atoms with van der Waals surface area (Å²) in [5, 5.41) is 2.45. The van der Waals surface area contributed by atoms with Crippen LogP contribution in [0.1, 0.15) is 0 Å². The molecule has 4 heterocycles. The molecule has 190 valence electrons. The maximum atomic E-state index is 5.06. The van der Waals surface area contributed by atoms with Crippen LogP contribution in [0.4, 0.5) is 0 Å². The van der Waals surface area contributed by atoms with Crippen LogP contribution in [0.25, 0.3) is 66.9 Å². The lowest BCUT2D eigenvalue weighted by Crippen LogP contribution is -1.96. The number of para-hydroxylation sites is 1. The molecule has 8 rings (SSSR count). The fourth-order valence-corrected chi connectivity index (χ4v) is 5.83. The van der Waals surface area contributed by atoms with Crippen molar-refractivity contribution in [1.29, 1.82) is 0 Å². The van der Waals surface area contributed by atoms with Crippen LogP contribution in [-0.4, -0.2) is 23.7 Å². The highest BCUT2D eigenvalue weighted by atomic mass is 15.1. The molecular weight excluding hydrogens is 490 g/mol. The Morgan fingerprint density at radius 1 is 0.575 bits per heavy atom. The quantitative estimate of drug-likeness (QED) is 0.237. The topological polar surface area (TPSA) is 40.6 Å². The Balaban J connectivity index is 1.33. The molecule has 0 fully saturated rings. The van der Waals surface area contributed by atoms with Gasteiger partial charge in [0.15, 0.2) is 0 Å². The molecule has 0 saturated heterocycles. The monoisotopic (exact) mass is 515 g/mol. The van der Waals surface area contributed by atoms with Gasteiger partial charge >= 0.3 is 0 Å². The molecule has 40 heavy (non-hydrogen) atoms. The van der Waals surface area contributed by atoms with E-state index in [0.29, 0.717) is 0 Å². The first-order chi connectivity index (χ1) is 19.7. The maximum Gasteiger partial charge on any atom is 0.140 e. The predicted molar refractivity (Wildman–Crippen MR) is 163 cm³/mol. The van der Waals surface area contributed by atoms with Gasteiger partial charge < -0.3 is 13.7 Å². The number of imidazole rings is 1. The molecule has 5 heteroatoms. The van der Waals surface area contributed by atoms with E-state index < -0.39 is 0 Å². The number of benzene rings is 4. The Bertz CT molecular complexity index is 2170. The van der Waals surface area contributed by atoms with Crippen molar-refractivity contribution in [3.8, 4) is 34.0 Å². The second-order valence-corrected chi connectivity index (χ2v) is 10.1. The fraction of sp³-hybridized carbons (Fsp3) is 0.0286. The van der Waals surface area contributed by atoms with Crippen molar-refractivity contribution in [2.75, 3.05) is 0 Å². The second-order valence-electron chi connectivity index (χ2n) is 10.1. The van der Waals surface area contributed by atoms with E-state index in [2.05, 4.69) is 129 Å². The zero-order valence-corrected chi connectivity index (χ0v) is 21.9. The number of nitrogens with zero attached hydrogens (tertiary/aromatic N) is 5. The van der Waals surface area contributed by atoms with Crippen molar-refractivity contribution in [1.82, 2.24) is 23.7 Å². The van der Waals surface area contributed by atoms with Gasteiger partial charge in [-0.05, 0) is 66.7 Å². The van der Waals surface area contributed by atoms with Crippen LogP contribution in [0.15, 0.2) is 134 Å². The Hall–Kier alpha value is -5.42. The van der Waals surface area contributed by atoms with Crippen molar-refractivity contribution < 1.29 is 0 Å². The normalized spacial score (nSPS) is 11.6. The van der Waals surface area contributed by atoms with Gasteiger partial charge in [0, 0.05) is 58.9 Å². The van der Waals surface area contributed by atoms with Gasteiger partial charge in [-0.15, -0.1) is 0 Å². The van der Waals surface area contributed by atoms with Crippen LogP contribution in [0, 0.1) is 0 Å². The van der Waals surface area contributed by atoms with Gasteiger partial charge in [0.2, 0.25) is 0 Å². The number of fused-ring (bicyclic) bond motifs is 4. The zero-order chi connectivity index (χ0) is 26.6. The highest BCUT2D eigenvalue weighted by Gasteiger charge is 2.16. The lowest BCUT2D eigenvalue weighted by molar-refractivity contribution is 0.957. The maximum absolute atomic E-state index is 5.06.